The maximum Gasteiger partial charge on any atom is 0.118 e. The number of methoxy groups -OCH3 is 1. The van der Waals surface area contributed by atoms with Crippen molar-refractivity contribution < 1.29 is 15.1 Å². The number of aliphatic hydroxyl groups is 1. The first-order chi connectivity index (χ1) is 14.4. The van der Waals surface area contributed by atoms with Gasteiger partial charge in [0.05, 0.1) is 13.2 Å². The van der Waals surface area contributed by atoms with Crippen LogP contribution in [0.5, 0.6) is 5.75 Å². The summed E-state index contributed by atoms with van der Waals surface area (Å²) in [6, 6.07) is 15.9. The molecule has 5 rings (SSSR count). The van der Waals surface area contributed by atoms with E-state index in [0.717, 1.165) is 51.2 Å². The first-order valence-corrected chi connectivity index (χ1v) is 10.5. The predicted octanol–water partition coefficient (Wildman–Crippen LogP) is 5.06. The van der Waals surface area contributed by atoms with Crippen molar-refractivity contribution in [3.05, 3.63) is 71.0 Å². The first kappa shape index (κ1) is 19.2. The van der Waals surface area contributed by atoms with Crippen LogP contribution in [0.4, 0.5) is 0 Å². The number of nitrogens with one attached hydrogen (secondary N) is 1. The largest absolute Gasteiger partial charge is 0.497 e. The van der Waals surface area contributed by atoms with Crippen LogP contribution in [0.3, 0.4) is 0 Å². The van der Waals surface area contributed by atoms with Gasteiger partial charge in [0.15, 0.2) is 0 Å². The van der Waals surface area contributed by atoms with E-state index in [4.69, 9.17) is 4.74 Å². The van der Waals surface area contributed by atoms with Gasteiger partial charge < -0.3 is 14.8 Å². The molecule has 0 amide bonds. The lowest BCUT2D eigenvalue weighted by atomic mass is 9.71. The van der Waals surface area contributed by atoms with Crippen LogP contribution < -0.4 is 4.74 Å². The molecule has 1 aliphatic carbocycles. The fraction of sp³-hybridized carbons (Fsp3) is 0.360. The molecule has 0 saturated carbocycles. The number of nitrogens with zero attached hydrogens (tertiary/aromatic N) is 1. The molecule has 3 aromatic rings. The summed E-state index contributed by atoms with van der Waals surface area (Å²) in [5.74, 6) is 0.816. The van der Waals surface area contributed by atoms with Gasteiger partial charge in [-0.15, -0.1) is 0 Å². The second-order valence-corrected chi connectivity index (χ2v) is 9.29. The summed E-state index contributed by atoms with van der Waals surface area (Å²) in [7, 11) is 1.66. The number of rotatable bonds is 3. The van der Waals surface area contributed by atoms with Crippen molar-refractivity contribution in [1.82, 2.24) is 10.0 Å². The highest BCUT2D eigenvalue weighted by Crippen LogP contribution is 2.51. The lowest BCUT2D eigenvalue weighted by Gasteiger charge is -2.44. The summed E-state index contributed by atoms with van der Waals surface area (Å²) in [6.45, 7) is 4.30. The zero-order valence-electron chi connectivity index (χ0n) is 17.6. The molecule has 2 atom stereocenters. The van der Waals surface area contributed by atoms with Gasteiger partial charge in [-0.2, -0.15) is 0 Å². The number of hydrogen-bond acceptors (Lipinski definition) is 4. The Hall–Kier alpha value is -2.76. The average molecular weight is 405 g/mol. The number of allylic oxidation sites excluding steroid dienone is 1. The van der Waals surface area contributed by atoms with Gasteiger partial charge in [-0.1, -0.05) is 44.2 Å². The number of fused-ring (bicyclic) bond motifs is 4. The zero-order valence-corrected chi connectivity index (χ0v) is 17.6. The minimum atomic E-state index is -0.599. The molecular weight excluding hydrogens is 376 g/mol. The predicted molar refractivity (Wildman–Crippen MR) is 117 cm³/mol. The van der Waals surface area contributed by atoms with Gasteiger partial charge in [-0.25, -0.2) is 0 Å². The van der Waals surface area contributed by atoms with E-state index in [9.17, 15) is 10.3 Å². The molecular formula is C25H28N2O3. The summed E-state index contributed by atoms with van der Waals surface area (Å²) in [5.41, 5.74) is 5.81. The van der Waals surface area contributed by atoms with Gasteiger partial charge in [0.25, 0.3) is 0 Å². The molecule has 0 spiro atoms. The van der Waals surface area contributed by atoms with Gasteiger partial charge >= 0.3 is 0 Å². The van der Waals surface area contributed by atoms with Crippen molar-refractivity contribution in [2.24, 2.45) is 5.41 Å². The maximum atomic E-state index is 11.4. The summed E-state index contributed by atoms with van der Waals surface area (Å²) < 4.78 is 5.28. The molecule has 1 aliphatic heterocycles. The fourth-order valence-electron chi connectivity index (χ4n) is 5.14. The number of aliphatic hydroxyl groups excluding tert-OH is 1. The van der Waals surface area contributed by atoms with E-state index in [-0.39, 0.29) is 11.5 Å². The van der Waals surface area contributed by atoms with E-state index < -0.39 is 6.10 Å². The van der Waals surface area contributed by atoms with Crippen LogP contribution in [0.25, 0.3) is 16.5 Å². The van der Waals surface area contributed by atoms with E-state index in [1.807, 2.05) is 36.4 Å². The third-order valence-corrected chi connectivity index (χ3v) is 6.53. The van der Waals surface area contributed by atoms with E-state index in [0.29, 0.717) is 12.8 Å². The molecule has 156 valence electrons. The number of aromatic nitrogens is 1. The Bertz CT molecular complexity index is 1130. The average Bonchev–Trinajstić information content (AvgIpc) is 3.10. The Morgan fingerprint density at radius 2 is 1.87 bits per heavy atom. The molecule has 0 saturated heterocycles. The third kappa shape index (κ3) is 3.01. The molecule has 30 heavy (non-hydrogen) atoms. The molecule has 0 bridgehead atoms. The van der Waals surface area contributed by atoms with Crippen molar-refractivity contribution in [1.29, 1.82) is 0 Å². The third-order valence-electron chi connectivity index (χ3n) is 6.53. The van der Waals surface area contributed by atoms with Crippen molar-refractivity contribution in [2.75, 3.05) is 7.11 Å². The van der Waals surface area contributed by atoms with Gasteiger partial charge in [-0.3, -0.25) is 10.3 Å². The number of aromatic amines is 1. The summed E-state index contributed by atoms with van der Waals surface area (Å²) in [6.07, 6.45) is 1.46. The summed E-state index contributed by atoms with van der Waals surface area (Å²) in [4.78, 5) is 3.54. The molecule has 2 aliphatic rings. The first-order valence-electron chi connectivity index (χ1n) is 10.5. The Kier molecular flexibility index (Phi) is 4.42. The standard InChI is InChI=1S/C25H28N2O3/c1-25(2)13-20-23(21(28)14-25)22-17-6-4-5-7-18(17)26-24(22)19(27(20)29)12-15-8-10-16(30-3)11-9-15/h4-11,19,21,26,28-29H,12-14H2,1-3H3. The normalized spacial score (nSPS) is 22.8. The molecule has 1 aromatic heterocycles. The molecule has 0 fully saturated rings. The Labute approximate surface area is 176 Å². The summed E-state index contributed by atoms with van der Waals surface area (Å²) in [5, 5.41) is 25.0. The van der Waals surface area contributed by atoms with E-state index in [1.54, 1.807) is 7.11 Å². The molecule has 2 aromatic carbocycles. The number of H-pyrrole nitrogens is 1. The highest BCUT2D eigenvalue weighted by atomic mass is 16.5. The minimum Gasteiger partial charge on any atom is -0.497 e. The molecule has 5 heteroatoms. The number of benzene rings is 2. The highest BCUT2D eigenvalue weighted by molar-refractivity contribution is 5.97. The van der Waals surface area contributed by atoms with Crippen LogP contribution in [0.2, 0.25) is 0 Å². The van der Waals surface area contributed by atoms with Crippen LogP contribution in [-0.2, 0) is 6.42 Å². The minimum absolute atomic E-state index is 0.0759. The van der Waals surface area contributed by atoms with E-state index >= 15 is 0 Å². The van der Waals surface area contributed by atoms with Crippen molar-refractivity contribution >= 4 is 16.5 Å². The topological polar surface area (TPSA) is 68.7 Å². The van der Waals surface area contributed by atoms with Gasteiger partial charge in [0.1, 0.15) is 11.8 Å². The molecule has 5 nitrogen and oxygen atoms in total. The zero-order chi connectivity index (χ0) is 21.0. The smallest absolute Gasteiger partial charge is 0.118 e. The number of hydrogen-bond donors (Lipinski definition) is 3. The molecule has 3 N–H and O–H groups in total. The van der Waals surface area contributed by atoms with Crippen LogP contribution in [0.15, 0.2) is 54.2 Å². The second kappa shape index (κ2) is 6.89. The van der Waals surface area contributed by atoms with Crippen molar-refractivity contribution in [3.63, 3.8) is 0 Å². The van der Waals surface area contributed by atoms with Crippen LogP contribution in [0.1, 0.15) is 49.6 Å². The lowest BCUT2D eigenvalue weighted by molar-refractivity contribution is -0.107. The van der Waals surface area contributed by atoms with Crippen LogP contribution in [0, 0.1) is 5.41 Å². The summed E-state index contributed by atoms with van der Waals surface area (Å²) >= 11 is 0. The molecule has 0 radical (unpaired) electrons. The van der Waals surface area contributed by atoms with Gasteiger partial charge in [0.2, 0.25) is 0 Å². The fourth-order valence-corrected chi connectivity index (χ4v) is 5.14. The molecule has 2 heterocycles. The number of ether oxygens (including phenoxy) is 1. The lowest BCUT2D eigenvalue weighted by Crippen LogP contribution is -2.40. The van der Waals surface area contributed by atoms with E-state index in [2.05, 4.69) is 31.0 Å². The monoisotopic (exact) mass is 404 g/mol. The van der Waals surface area contributed by atoms with Gasteiger partial charge in [-0.05, 0) is 42.0 Å². The highest BCUT2D eigenvalue weighted by Gasteiger charge is 2.43. The maximum absolute atomic E-state index is 11.4. The Morgan fingerprint density at radius 1 is 1.13 bits per heavy atom. The Balaban J connectivity index is 1.66. The quantitative estimate of drug-likeness (QED) is 0.571. The van der Waals surface area contributed by atoms with E-state index in [1.165, 1.54) is 5.06 Å². The van der Waals surface area contributed by atoms with Gasteiger partial charge in [0, 0.05) is 39.9 Å². The Morgan fingerprint density at radius 3 is 2.60 bits per heavy atom. The van der Waals surface area contributed by atoms with Crippen LogP contribution >= 0.6 is 0 Å². The number of para-hydroxylation sites is 1. The van der Waals surface area contributed by atoms with Crippen molar-refractivity contribution in [3.8, 4) is 5.75 Å². The van der Waals surface area contributed by atoms with Crippen molar-refractivity contribution in [2.45, 2.75) is 45.3 Å². The van der Waals surface area contributed by atoms with Crippen LogP contribution in [-0.4, -0.2) is 33.6 Å². The second-order valence-electron chi connectivity index (χ2n) is 9.29. The SMILES string of the molecule is COc1ccc(CC2c3[nH]c4ccccc4c3C3=C(CC(C)(C)CC3O)N2O)cc1. The number of hydroxylamine groups is 2. The molecule has 2 unspecified atom stereocenters.